The molecular formula is C24H37NO6. The highest BCUT2D eigenvalue weighted by molar-refractivity contribution is 5.72. The molecule has 0 rings (SSSR count). The van der Waals surface area contributed by atoms with Crippen LogP contribution < -0.4 is 0 Å². The van der Waals surface area contributed by atoms with Crippen LogP contribution in [0.15, 0.2) is 48.6 Å². The van der Waals surface area contributed by atoms with Crippen molar-refractivity contribution in [3.8, 4) is 0 Å². The molecule has 0 spiro atoms. The molecule has 0 aliphatic heterocycles. The summed E-state index contributed by atoms with van der Waals surface area (Å²) in [5.74, 6) is -2.73. The predicted octanol–water partition coefficient (Wildman–Crippen LogP) is 6.10. The van der Waals surface area contributed by atoms with Crippen LogP contribution in [-0.2, 0) is 9.59 Å². The number of carbonyl (C=O) groups is 2. The fourth-order valence-electron chi connectivity index (χ4n) is 3.13. The fourth-order valence-corrected chi connectivity index (χ4v) is 3.13. The summed E-state index contributed by atoms with van der Waals surface area (Å²) in [4.78, 5) is 32.5. The summed E-state index contributed by atoms with van der Waals surface area (Å²) in [7, 11) is 0. The zero-order valence-corrected chi connectivity index (χ0v) is 18.6. The van der Waals surface area contributed by atoms with E-state index in [1.54, 1.807) is 0 Å². The lowest BCUT2D eigenvalue weighted by Crippen LogP contribution is -2.42. The number of carboxylic acids is 2. The largest absolute Gasteiger partial charge is 0.481 e. The smallest absolute Gasteiger partial charge is 0.310 e. The van der Waals surface area contributed by atoms with Crippen LogP contribution in [-0.4, -0.2) is 32.6 Å². The highest BCUT2D eigenvalue weighted by atomic mass is 16.6. The first-order valence-electron chi connectivity index (χ1n) is 11.0. The number of nitro groups is 1. The third kappa shape index (κ3) is 15.8. The first kappa shape index (κ1) is 28.3. The average Bonchev–Trinajstić information content (AvgIpc) is 2.69. The number of hydrogen-bond donors (Lipinski definition) is 2. The molecule has 0 bridgehead atoms. The number of rotatable bonds is 19. The van der Waals surface area contributed by atoms with E-state index in [2.05, 4.69) is 37.3 Å². The Morgan fingerprint density at radius 2 is 1.19 bits per heavy atom. The first-order chi connectivity index (χ1) is 14.8. The maximum absolute atomic E-state index is 11.3. The maximum Gasteiger partial charge on any atom is 0.310 e. The second kappa shape index (κ2) is 18.1. The summed E-state index contributed by atoms with van der Waals surface area (Å²) in [5, 5.41) is 29.2. The van der Waals surface area contributed by atoms with E-state index in [1.165, 1.54) is 19.3 Å². The standard InChI is InChI=1S/C24H37NO6/c1-2-3-4-5-6-7-8-9-10-11-12-13-14-15-16-17-18-19-24(25(30)31,20-22(26)27)21-23(28)29/h6-7,9-10,12-13,15-16H,2-5,8,11,14,17-21H2,1H3,(H,26,27)(H,28,29)/b7-6-,10-9-,13-12-,16-15-. The third-order valence-corrected chi connectivity index (χ3v) is 4.82. The zero-order valence-electron chi connectivity index (χ0n) is 18.6. The van der Waals surface area contributed by atoms with Crippen LogP contribution in [0.1, 0.15) is 84.0 Å². The van der Waals surface area contributed by atoms with E-state index in [0.29, 0.717) is 12.8 Å². The molecule has 2 N–H and O–H groups in total. The molecule has 7 nitrogen and oxygen atoms in total. The minimum absolute atomic E-state index is 0.0867. The van der Waals surface area contributed by atoms with Gasteiger partial charge in [0.25, 0.3) is 0 Å². The first-order valence-corrected chi connectivity index (χ1v) is 11.0. The molecular weight excluding hydrogens is 398 g/mol. The summed E-state index contributed by atoms with van der Waals surface area (Å²) < 4.78 is 0. The van der Waals surface area contributed by atoms with Gasteiger partial charge in [-0.25, -0.2) is 0 Å². The highest BCUT2D eigenvalue weighted by Crippen LogP contribution is 2.27. The Hall–Kier alpha value is -2.70. The Morgan fingerprint density at radius 3 is 1.58 bits per heavy atom. The lowest BCUT2D eigenvalue weighted by atomic mass is 9.86. The number of aliphatic carboxylic acids is 2. The van der Waals surface area contributed by atoms with Gasteiger partial charge in [-0.05, 0) is 44.9 Å². The molecule has 0 aliphatic rings. The molecule has 0 saturated heterocycles. The second-order valence-corrected chi connectivity index (χ2v) is 7.60. The zero-order chi connectivity index (χ0) is 23.4. The topological polar surface area (TPSA) is 118 Å². The number of unbranched alkanes of at least 4 members (excludes halogenated alkanes) is 4. The molecule has 7 heteroatoms. The van der Waals surface area contributed by atoms with Gasteiger partial charge in [0.15, 0.2) is 0 Å². The molecule has 0 aromatic rings. The Balaban J connectivity index is 4.11. The van der Waals surface area contributed by atoms with E-state index in [9.17, 15) is 19.7 Å². The Kier molecular flexibility index (Phi) is 16.5. The van der Waals surface area contributed by atoms with Crippen molar-refractivity contribution in [3.63, 3.8) is 0 Å². The molecule has 0 radical (unpaired) electrons. The van der Waals surface area contributed by atoms with E-state index < -0.39 is 35.2 Å². The van der Waals surface area contributed by atoms with E-state index in [-0.39, 0.29) is 6.42 Å². The molecule has 0 fully saturated rings. The fraction of sp³-hybridized carbons (Fsp3) is 0.583. The third-order valence-electron chi connectivity index (χ3n) is 4.82. The van der Waals surface area contributed by atoms with Gasteiger partial charge in [-0.1, -0.05) is 68.4 Å². The summed E-state index contributed by atoms with van der Waals surface area (Å²) >= 11 is 0. The maximum atomic E-state index is 11.3. The lowest BCUT2D eigenvalue weighted by Gasteiger charge is -2.21. The molecule has 0 atom stereocenters. The van der Waals surface area contributed by atoms with Gasteiger partial charge in [0.1, 0.15) is 12.8 Å². The van der Waals surface area contributed by atoms with Crippen molar-refractivity contribution in [1.29, 1.82) is 0 Å². The van der Waals surface area contributed by atoms with Crippen LogP contribution in [0.4, 0.5) is 0 Å². The molecule has 0 heterocycles. The Labute approximate surface area is 185 Å². The van der Waals surface area contributed by atoms with Gasteiger partial charge < -0.3 is 10.2 Å². The van der Waals surface area contributed by atoms with Crippen molar-refractivity contribution in [2.75, 3.05) is 0 Å². The summed E-state index contributed by atoms with van der Waals surface area (Å²) in [6.07, 6.45) is 23.4. The molecule has 174 valence electrons. The van der Waals surface area contributed by atoms with Crippen LogP contribution >= 0.6 is 0 Å². The molecule has 0 saturated carbocycles. The predicted molar refractivity (Wildman–Crippen MR) is 123 cm³/mol. The van der Waals surface area contributed by atoms with Crippen molar-refractivity contribution in [3.05, 3.63) is 58.7 Å². The molecule has 0 unspecified atom stereocenters. The second-order valence-electron chi connectivity index (χ2n) is 7.60. The normalized spacial score (nSPS) is 12.5. The monoisotopic (exact) mass is 435 g/mol. The number of nitrogens with zero attached hydrogens (tertiary/aromatic N) is 1. The van der Waals surface area contributed by atoms with Gasteiger partial charge >= 0.3 is 11.9 Å². The van der Waals surface area contributed by atoms with E-state index >= 15 is 0 Å². The summed E-state index contributed by atoms with van der Waals surface area (Å²) in [6, 6.07) is 0. The van der Waals surface area contributed by atoms with Crippen molar-refractivity contribution < 1.29 is 24.7 Å². The summed E-state index contributed by atoms with van der Waals surface area (Å²) in [5.41, 5.74) is -1.96. The SMILES string of the molecule is CCCCC/C=C\C/C=C\C/C=C\C/C=C\CCCC(CC(=O)O)(CC(=O)O)[N+](=O)[O-]. The van der Waals surface area contributed by atoms with Crippen molar-refractivity contribution in [1.82, 2.24) is 0 Å². The minimum atomic E-state index is -1.96. The van der Waals surface area contributed by atoms with Gasteiger partial charge in [0, 0.05) is 11.3 Å². The van der Waals surface area contributed by atoms with Gasteiger partial charge in [0.2, 0.25) is 5.54 Å². The van der Waals surface area contributed by atoms with Gasteiger partial charge in [-0.2, -0.15) is 0 Å². The van der Waals surface area contributed by atoms with Gasteiger partial charge in [0.05, 0.1) is 0 Å². The molecule has 0 amide bonds. The highest BCUT2D eigenvalue weighted by Gasteiger charge is 2.46. The number of allylic oxidation sites excluding steroid dienone is 8. The van der Waals surface area contributed by atoms with Crippen molar-refractivity contribution in [2.45, 2.75) is 89.5 Å². The molecule has 0 aliphatic carbocycles. The Morgan fingerprint density at radius 1 is 0.774 bits per heavy atom. The van der Waals surface area contributed by atoms with Crippen LogP contribution in [0.3, 0.4) is 0 Å². The van der Waals surface area contributed by atoms with Crippen LogP contribution in [0.2, 0.25) is 0 Å². The van der Waals surface area contributed by atoms with E-state index in [0.717, 1.165) is 25.7 Å². The van der Waals surface area contributed by atoms with Gasteiger partial charge in [-0.3, -0.25) is 19.7 Å². The van der Waals surface area contributed by atoms with E-state index in [1.807, 2.05) is 18.2 Å². The molecule has 0 aromatic carbocycles. The van der Waals surface area contributed by atoms with E-state index in [4.69, 9.17) is 10.2 Å². The summed E-state index contributed by atoms with van der Waals surface area (Å²) in [6.45, 7) is 2.20. The van der Waals surface area contributed by atoms with Crippen molar-refractivity contribution in [2.24, 2.45) is 0 Å². The lowest BCUT2D eigenvalue weighted by molar-refractivity contribution is -0.569. The number of carboxylic acid groups (broad SMARTS) is 2. The van der Waals surface area contributed by atoms with Crippen molar-refractivity contribution >= 4 is 11.9 Å². The minimum Gasteiger partial charge on any atom is -0.481 e. The van der Waals surface area contributed by atoms with Crippen LogP contribution in [0, 0.1) is 10.1 Å². The number of hydrogen-bond acceptors (Lipinski definition) is 4. The van der Waals surface area contributed by atoms with Crippen LogP contribution in [0.25, 0.3) is 0 Å². The van der Waals surface area contributed by atoms with Gasteiger partial charge in [-0.15, -0.1) is 0 Å². The molecule has 0 aromatic heterocycles. The van der Waals surface area contributed by atoms with Crippen LogP contribution in [0.5, 0.6) is 0 Å². The average molecular weight is 436 g/mol. The molecule has 31 heavy (non-hydrogen) atoms. The quantitative estimate of drug-likeness (QED) is 0.110. The Bertz CT molecular complexity index is 632.